The molecule has 1 aliphatic carbocycles. The molecule has 1 aromatic carbocycles. The topological polar surface area (TPSA) is 17.8 Å². The minimum absolute atomic E-state index is 0.541. The van der Waals surface area contributed by atoms with Crippen LogP contribution in [0, 0.1) is 0 Å². The number of nitrogens with zero attached hydrogens (tertiary/aromatic N) is 2. The van der Waals surface area contributed by atoms with Crippen LogP contribution in [0.15, 0.2) is 12.1 Å². The molecular formula is C17H19Cl3N2. The lowest BCUT2D eigenvalue weighted by atomic mass is 10.0. The van der Waals surface area contributed by atoms with E-state index in [9.17, 15) is 0 Å². The van der Waals surface area contributed by atoms with Gasteiger partial charge >= 0.3 is 0 Å². The largest absolute Gasteiger partial charge is 0.331 e. The first-order chi connectivity index (χ1) is 10.5. The highest BCUT2D eigenvalue weighted by Crippen LogP contribution is 2.41. The molecule has 0 aliphatic heterocycles. The summed E-state index contributed by atoms with van der Waals surface area (Å²) in [4.78, 5) is 4.85. The molecule has 0 radical (unpaired) electrons. The van der Waals surface area contributed by atoms with Crippen LogP contribution in [-0.4, -0.2) is 9.55 Å². The Labute approximate surface area is 146 Å². The maximum Gasteiger partial charge on any atom is 0.143 e. The molecule has 1 aliphatic rings. The zero-order chi connectivity index (χ0) is 15.9. The summed E-state index contributed by atoms with van der Waals surface area (Å²) in [7, 11) is 2.07. The molecule has 2 nitrogen and oxygen atoms in total. The quantitative estimate of drug-likeness (QED) is 0.633. The Morgan fingerprint density at radius 1 is 1.14 bits per heavy atom. The molecule has 0 saturated heterocycles. The predicted octanol–water partition coefficient (Wildman–Crippen LogP) is 6.27. The first kappa shape index (κ1) is 16.2. The maximum atomic E-state index is 6.38. The Morgan fingerprint density at radius 3 is 2.27 bits per heavy atom. The zero-order valence-electron chi connectivity index (χ0n) is 12.8. The van der Waals surface area contributed by atoms with Crippen molar-refractivity contribution in [2.24, 2.45) is 7.05 Å². The summed E-state index contributed by atoms with van der Waals surface area (Å²) in [6.45, 7) is 2.15. The van der Waals surface area contributed by atoms with Gasteiger partial charge in [0.25, 0.3) is 0 Å². The highest BCUT2D eigenvalue weighted by atomic mass is 35.5. The molecule has 1 heterocycles. The van der Waals surface area contributed by atoms with Crippen molar-refractivity contribution in [3.05, 3.63) is 38.6 Å². The Kier molecular flexibility index (Phi) is 4.72. The van der Waals surface area contributed by atoms with Gasteiger partial charge in [-0.1, -0.05) is 54.6 Å². The molecule has 118 valence electrons. The average Bonchev–Trinajstić information content (AvgIpc) is 3.06. The van der Waals surface area contributed by atoms with E-state index >= 15 is 0 Å². The molecule has 1 saturated carbocycles. The summed E-state index contributed by atoms with van der Waals surface area (Å²) in [5.41, 5.74) is 3.28. The molecule has 2 aromatic rings. The molecule has 1 aromatic heterocycles. The summed E-state index contributed by atoms with van der Waals surface area (Å²) >= 11 is 18.8. The van der Waals surface area contributed by atoms with E-state index in [4.69, 9.17) is 39.8 Å². The van der Waals surface area contributed by atoms with Crippen molar-refractivity contribution < 1.29 is 0 Å². The predicted molar refractivity (Wildman–Crippen MR) is 94.3 cm³/mol. The van der Waals surface area contributed by atoms with Gasteiger partial charge in [0.1, 0.15) is 5.82 Å². The number of aryl methyl sites for hydroxylation is 1. The van der Waals surface area contributed by atoms with E-state index in [0.717, 1.165) is 23.5 Å². The number of rotatable bonds is 3. The third-order valence-electron chi connectivity index (χ3n) is 4.52. The number of halogens is 3. The third kappa shape index (κ3) is 2.77. The van der Waals surface area contributed by atoms with E-state index in [2.05, 4.69) is 18.5 Å². The lowest BCUT2D eigenvalue weighted by Gasteiger charge is -2.14. The average molecular weight is 358 g/mol. The molecule has 0 amide bonds. The van der Waals surface area contributed by atoms with Crippen LogP contribution in [-0.2, 0) is 13.5 Å². The fourth-order valence-corrected chi connectivity index (χ4v) is 4.50. The maximum absolute atomic E-state index is 6.38. The summed E-state index contributed by atoms with van der Waals surface area (Å²) in [6.07, 6.45) is 6.01. The van der Waals surface area contributed by atoms with Gasteiger partial charge in [-0.15, -0.1) is 0 Å². The van der Waals surface area contributed by atoms with Gasteiger partial charge in [0.05, 0.1) is 21.3 Å². The number of imidazole rings is 1. The fourth-order valence-electron chi connectivity index (χ4n) is 3.52. The van der Waals surface area contributed by atoms with E-state index < -0.39 is 0 Å². The summed E-state index contributed by atoms with van der Waals surface area (Å²) in [5, 5.41) is 1.64. The van der Waals surface area contributed by atoms with E-state index in [1.807, 2.05) is 0 Å². The van der Waals surface area contributed by atoms with E-state index in [0.29, 0.717) is 21.0 Å². The number of aromatic nitrogens is 2. The smallest absolute Gasteiger partial charge is 0.143 e. The molecule has 0 N–H and O–H groups in total. The van der Waals surface area contributed by atoms with E-state index in [1.165, 1.54) is 31.4 Å². The lowest BCUT2D eigenvalue weighted by molar-refractivity contribution is 0.649. The van der Waals surface area contributed by atoms with Crippen LogP contribution in [0.4, 0.5) is 0 Å². The highest BCUT2D eigenvalue weighted by Gasteiger charge is 2.26. The van der Waals surface area contributed by atoms with Gasteiger partial charge in [-0.2, -0.15) is 0 Å². The molecule has 0 bridgehead atoms. The third-order valence-corrected chi connectivity index (χ3v) is 5.34. The van der Waals surface area contributed by atoms with Gasteiger partial charge in [-0.25, -0.2) is 4.98 Å². The molecular weight excluding hydrogens is 339 g/mol. The Morgan fingerprint density at radius 2 is 1.73 bits per heavy atom. The monoisotopic (exact) mass is 356 g/mol. The van der Waals surface area contributed by atoms with Crippen molar-refractivity contribution >= 4 is 34.8 Å². The van der Waals surface area contributed by atoms with Crippen LogP contribution in [0.25, 0.3) is 11.4 Å². The molecule has 3 rings (SSSR count). The van der Waals surface area contributed by atoms with Gasteiger partial charge in [-0.05, 0) is 31.4 Å². The van der Waals surface area contributed by atoms with Crippen molar-refractivity contribution in [3.8, 4) is 11.4 Å². The van der Waals surface area contributed by atoms with Crippen molar-refractivity contribution in [1.29, 1.82) is 0 Å². The Bertz CT molecular complexity index is 677. The molecule has 0 unspecified atom stereocenters. The number of hydrogen-bond acceptors (Lipinski definition) is 1. The van der Waals surface area contributed by atoms with Crippen molar-refractivity contribution in [2.45, 2.75) is 44.9 Å². The van der Waals surface area contributed by atoms with Gasteiger partial charge in [0.15, 0.2) is 0 Å². The van der Waals surface area contributed by atoms with Gasteiger partial charge < -0.3 is 4.57 Å². The minimum Gasteiger partial charge on any atom is -0.331 e. The Hall–Kier alpha value is -0.700. The summed E-state index contributed by atoms with van der Waals surface area (Å²) < 4.78 is 2.18. The Balaban J connectivity index is 2.16. The molecule has 1 fully saturated rings. The second-order valence-electron chi connectivity index (χ2n) is 5.91. The lowest BCUT2D eigenvalue weighted by Crippen LogP contribution is -2.05. The van der Waals surface area contributed by atoms with Gasteiger partial charge in [0.2, 0.25) is 0 Å². The molecule has 22 heavy (non-hydrogen) atoms. The minimum atomic E-state index is 0.541. The van der Waals surface area contributed by atoms with Crippen LogP contribution in [0.5, 0.6) is 0 Å². The van der Waals surface area contributed by atoms with Crippen LogP contribution in [0.1, 0.15) is 49.9 Å². The van der Waals surface area contributed by atoms with Crippen LogP contribution < -0.4 is 0 Å². The highest BCUT2D eigenvalue weighted by molar-refractivity contribution is 6.41. The van der Waals surface area contributed by atoms with Gasteiger partial charge in [0, 0.05) is 23.7 Å². The standard InChI is InChI=1S/C17H19Cl3N2/c1-3-14-16(10-6-4-5-7-10)22(2)17(21-14)15-12(19)8-11(18)9-13(15)20/h8-10H,3-7H2,1-2H3. The molecule has 5 heteroatoms. The molecule has 0 spiro atoms. The van der Waals surface area contributed by atoms with Crippen molar-refractivity contribution in [3.63, 3.8) is 0 Å². The van der Waals surface area contributed by atoms with Crippen LogP contribution in [0.2, 0.25) is 15.1 Å². The van der Waals surface area contributed by atoms with Crippen molar-refractivity contribution in [1.82, 2.24) is 9.55 Å². The van der Waals surface area contributed by atoms with Gasteiger partial charge in [-0.3, -0.25) is 0 Å². The fraction of sp³-hybridized carbons (Fsp3) is 0.471. The summed E-state index contributed by atoms with van der Waals surface area (Å²) in [5.74, 6) is 1.44. The second-order valence-corrected chi connectivity index (χ2v) is 7.16. The van der Waals surface area contributed by atoms with Crippen molar-refractivity contribution in [2.75, 3.05) is 0 Å². The number of hydrogen-bond donors (Lipinski definition) is 0. The first-order valence-electron chi connectivity index (χ1n) is 7.73. The normalized spacial score (nSPS) is 15.7. The van der Waals surface area contributed by atoms with Crippen LogP contribution >= 0.6 is 34.8 Å². The zero-order valence-corrected chi connectivity index (χ0v) is 15.1. The second kappa shape index (κ2) is 6.43. The number of benzene rings is 1. The SMILES string of the molecule is CCc1nc(-c2c(Cl)cc(Cl)cc2Cl)n(C)c1C1CCCC1. The van der Waals surface area contributed by atoms with E-state index in [1.54, 1.807) is 12.1 Å². The summed E-state index contributed by atoms with van der Waals surface area (Å²) in [6, 6.07) is 3.44. The van der Waals surface area contributed by atoms with Crippen LogP contribution in [0.3, 0.4) is 0 Å². The van der Waals surface area contributed by atoms with E-state index in [-0.39, 0.29) is 0 Å². The molecule has 0 atom stereocenters. The first-order valence-corrected chi connectivity index (χ1v) is 8.86.